The van der Waals surface area contributed by atoms with Crippen LogP contribution in [0.3, 0.4) is 0 Å². The molecule has 0 aliphatic carbocycles. The van der Waals surface area contributed by atoms with E-state index in [1.807, 2.05) is 30.3 Å². The third-order valence-electron chi connectivity index (χ3n) is 4.14. The zero-order valence-electron chi connectivity index (χ0n) is 16.0. The molecule has 2 N–H and O–H groups in total. The lowest BCUT2D eigenvalue weighted by atomic mass is 10.0. The Morgan fingerprint density at radius 3 is 2.48 bits per heavy atom. The van der Waals surface area contributed by atoms with Gasteiger partial charge in [-0.15, -0.1) is 0 Å². The Hall–Kier alpha value is -3.55. The van der Waals surface area contributed by atoms with Crippen molar-refractivity contribution >= 4 is 23.5 Å². The van der Waals surface area contributed by atoms with E-state index in [9.17, 15) is 14.4 Å². The van der Waals surface area contributed by atoms with Gasteiger partial charge in [0.1, 0.15) is 13.2 Å². The van der Waals surface area contributed by atoms with E-state index in [-0.39, 0.29) is 12.3 Å². The lowest BCUT2D eigenvalue weighted by Gasteiger charge is -2.19. The summed E-state index contributed by atoms with van der Waals surface area (Å²) in [6.45, 7) is 1.87. The van der Waals surface area contributed by atoms with Crippen molar-refractivity contribution in [1.29, 1.82) is 0 Å². The number of anilines is 1. The fourth-order valence-electron chi connectivity index (χ4n) is 2.87. The molecule has 0 spiro atoms. The highest BCUT2D eigenvalue weighted by Crippen LogP contribution is 2.32. The highest BCUT2D eigenvalue weighted by molar-refractivity contribution is 5.93. The number of rotatable bonds is 7. The fourth-order valence-corrected chi connectivity index (χ4v) is 2.87. The zero-order valence-corrected chi connectivity index (χ0v) is 16.0. The average molecular weight is 398 g/mol. The van der Waals surface area contributed by atoms with Gasteiger partial charge in [-0.2, -0.15) is 0 Å². The molecule has 8 nitrogen and oxygen atoms in total. The highest BCUT2D eigenvalue weighted by Gasteiger charge is 2.19. The molecular weight excluding hydrogens is 376 g/mol. The summed E-state index contributed by atoms with van der Waals surface area (Å²) in [6.07, 6.45) is -0.0824. The number of hydrogen-bond donors (Lipinski definition) is 2. The molecule has 1 aliphatic heterocycles. The number of amides is 2. The number of esters is 1. The minimum Gasteiger partial charge on any atom is -0.486 e. The maximum Gasteiger partial charge on any atom is 0.308 e. The first kappa shape index (κ1) is 20.2. The van der Waals surface area contributed by atoms with Gasteiger partial charge in [0.15, 0.2) is 18.1 Å². The van der Waals surface area contributed by atoms with Crippen molar-refractivity contribution in [1.82, 2.24) is 5.32 Å². The molecule has 2 amide bonds. The minimum atomic E-state index is -0.593. The number of hydrogen-bond acceptors (Lipinski definition) is 6. The molecule has 0 unspecified atom stereocenters. The fraction of sp³-hybridized carbons (Fsp3) is 0.286. The SMILES string of the molecule is CC(=O)N[C@H](CC(=O)OCC(=O)Nc1ccc2c(c1)OCCO2)c1ccccc1. The molecule has 1 heterocycles. The second kappa shape index (κ2) is 9.59. The van der Waals surface area contributed by atoms with Gasteiger partial charge in [-0.05, 0) is 17.7 Å². The van der Waals surface area contributed by atoms with Crippen molar-refractivity contribution in [3.8, 4) is 11.5 Å². The minimum absolute atomic E-state index is 0.0824. The Kier molecular flexibility index (Phi) is 6.67. The van der Waals surface area contributed by atoms with Crippen LogP contribution in [0.15, 0.2) is 48.5 Å². The summed E-state index contributed by atoms with van der Waals surface area (Å²) in [6, 6.07) is 13.6. The van der Waals surface area contributed by atoms with Crippen molar-refractivity contribution in [3.05, 3.63) is 54.1 Å². The maximum atomic E-state index is 12.2. The molecule has 2 aromatic carbocycles. The number of nitrogens with one attached hydrogen (secondary N) is 2. The van der Waals surface area contributed by atoms with Crippen molar-refractivity contribution in [2.75, 3.05) is 25.1 Å². The molecule has 152 valence electrons. The summed E-state index contributed by atoms with van der Waals surface area (Å²) in [5.74, 6) is -0.170. The number of fused-ring (bicyclic) bond motifs is 1. The Bertz CT molecular complexity index is 884. The van der Waals surface area contributed by atoms with Crippen LogP contribution in [0.1, 0.15) is 24.9 Å². The van der Waals surface area contributed by atoms with Gasteiger partial charge >= 0.3 is 5.97 Å². The van der Waals surface area contributed by atoms with Crippen molar-refractivity contribution < 1.29 is 28.6 Å². The van der Waals surface area contributed by atoms with Crippen LogP contribution in [-0.4, -0.2) is 37.6 Å². The molecule has 0 bridgehead atoms. The first-order valence-corrected chi connectivity index (χ1v) is 9.18. The van der Waals surface area contributed by atoms with E-state index in [1.165, 1.54) is 6.92 Å². The molecule has 1 atom stereocenters. The number of carbonyl (C=O) groups excluding carboxylic acids is 3. The molecule has 0 saturated heterocycles. The third-order valence-corrected chi connectivity index (χ3v) is 4.14. The smallest absolute Gasteiger partial charge is 0.308 e. The van der Waals surface area contributed by atoms with Crippen LogP contribution in [0.5, 0.6) is 11.5 Å². The van der Waals surface area contributed by atoms with Gasteiger partial charge in [-0.1, -0.05) is 30.3 Å². The van der Waals surface area contributed by atoms with Gasteiger partial charge in [0, 0.05) is 18.7 Å². The highest BCUT2D eigenvalue weighted by atomic mass is 16.6. The van der Waals surface area contributed by atoms with E-state index >= 15 is 0 Å². The van der Waals surface area contributed by atoms with E-state index in [4.69, 9.17) is 14.2 Å². The molecule has 0 radical (unpaired) electrons. The Morgan fingerprint density at radius 2 is 1.76 bits per heavy atom. The van der Waals surface area contributed by atoms with Gasteiger partial charge in [-0.3, -0.25) is 14.4 Å². The Morgan fingerprint density at radius 1 is 1.03 bits per heavy atom. The molecular formula is C21H22N2O6. The van der Waals surface area contributed by atoms with E-state index in [0.29, 0.717) is 30.4 Å². The van der Waals surface area contributed by atoms with E-state index in [1.54, 1.807) is 18.2 Å². The number of carbonyl (C=O) groups is 3. The van der Waals surface area contributed by atoms with Gasteiger partial charge in [0.2, 0.25) is 5.91 Å². The topological polar surface area (TPSA) is 103 Å². The lowest BCUT2D eigenvalue weighted by Crippen LogP contribution is -2.29. The van der Waals surface area contributed by atoms with Crippen LogP contribution in [0.25, 0.3) is 0 Å². The molecule has 2 aromatic rings. The zero-order chi connectivity index (χ0) is 20.6. The van der Waals surface area contributed by atoms with Crippen LogP contribution in [-0.2, 0) is 19.1 Å². The van der Waals surface area contributed by atoms with E-state index in [2.05, 4.69) is 10.6 Å². The molecule has 29 heavy (non-hydrogen) atoms. The Labute approximate surface area is 168 Å². The quantitative estimate of drug-likeness (QED) is 0.693. The second-order valence-corrected chi connectivity index (χ2v) is 6.44. The molecule has 8 heteroatoms. The van der Waals surface area contributed by atoms with Crippen LogP contribution in [0, 0.1) is 0 Å². The normalized spacial score (nSPS) is 13.1. The molecule has 3 rings (SSSR count). The number of ether oxygens (including phenoxy) is 3. The van der Waals surface area contributed by atoms with E-state index in [0.717, 1.165) is 5.56 Å². The van der Waals surface area contributed by atoms with Crippen molar-refractivity contribution in [2.24, 2.45) is 0 Å². The summed E-state index contributed by atoms with van der Waals surface area (Å²) in [7, 11) is 0. The maximum absolute atomic E-state index is 12.2. The first-order chi connectivity index (χ1) is 14.0. The monoisotopic (exact) mass is 398 g/mol. The summed E-state index contributed by atoms with van der Waals surface area (Å²) in [4.78, 5) is 35.7. The van der Waals surface area contributed by atoms with Crippen LogP contribution < -0.4 is 20.1 Å². The largest absolute Gasteiger partial charge is 0.486 e. The number of benzene rings is 2. The molecule has 0 fully saturated rings. The molecule has 0 aromatic heterocycles. The van der Waals surface area contributed by atoms with Crippen LogP contribution in [0.2, 0.25) is 0 Å². The van der Waals surface area contributed by atoms with Crippen molar-refractivity contribution in [3.63, 3.8) is 0 Å². The predicted molar refractivity (Wildman–Crippen MR) is 105 cm³/mol. The standard InChI is InChI=1S/C21H22N2O6/c1-14(24)22-17(15-5-3-2-4-6-15)12-21(26)29-13-20(25)23-16-7-8-18-19(11-16)28-10-9-27-18/h2-8,11,17H,9-10,12-13H2,1H3,(H,22,24)(H,23,25)/t17-/m1/s1. The molecule has 0 saturated carbocycles. The summed E-state index contributed by atoms with van der Waals surface area (Å²) in [5.41, 5.74) is 1.29. The van der Waals surface area contributed by atoms with Gasteiger partial charge in [-0.25, -0.2) is 0 Å². The average Bonchev–Trinajstić information content (AvgIpc) is 2.72. The third kappa shape index (κ3) is 5.97. The summed E-state index contributed by atoms with van der Waals surface area (Å²) < 4.78 is 16.0. The van der Waals surface area contributed by atoms with Crippen molar-refractivity contribution in [2.45, 2.75) is 19.4 Å². The molecule has 1 aliphatic rings. The predicted octanol–water partition coefficient (Wildman–Crippen LogP) is 2.21. The first-order valence-electron chi connectivity index (χ1n) is 9.18. The summed E-state index contributed by atoms with van der Waals surface area (Å²) >= 11 is 0. The van der Waals surface area contributed by atoms with Gasteiger partial charge in [0.05, 0.1) is 12.5 Å². The lowest BCUT2D eigenvalue weighted by molar-refractivity contribution is -0.148. The van der Waals surface area contributed by atoms with E-state index < -0.39 is 24.5 Å². The van der Waals surface area contributed by atoms with Gasteiger partial charge < -0.3 is 24.8 Å². The summed E-state index contributed by atoms with van der Waals surface area (Å²) in [5, 5.41) is 5.36. The Balaban J connectivity index is 1.51. The second-order valence-electron chi connectivity index (χ2n) is 6.44. The van der Waals surface area contributed by atoms with Crippen LogP contribution in [0.4, 0.5) is 5.69 Å². The van der Waals surface area contributed by atoms with Gasteiger partial charge in [0.25, 0.3) is 5.91 Å². The van der Waals surface area contributed by atoms with Crippen LogP contribution >= 0.6 is 0 Å².